The smallest absolute Gasteiger partial charge is 0.241 e. The first kappa shape index (κ1) is 12.3. The minimum Gasteiger partial charge on any atom is -0.409 e. The summed E-state index contributed by atoms with van der Waals surface area (Å²) in [5.41, 5.74) is 5.24. The van der Waals surface area contributed by atoms with Crippen LogP contribution in [0.15, 0.2) is 5.16 Å². The third-order valence-corrected chi connectivity index (χ3v) is 2.49. The Kier molecular flexibility index (Phi) is 4.10. The molecule has 1 aliphatic heterocycles. The van der Waals surface area contributed by atoms with Crippen molar-refractivity contribution in [3.05, 3.63) is 0 Å². The van der Waals surface area contributed by atoms with Crippen LogP contribution in [0.3, 0.4) is 0 Å². The Balaban J connectivity index is 2.59. The van der Waals surface area contributed by atoms with Crippen molar-refractivity contribution in [1.29, 1.82) is 0 Å². The lowest BCUT2D eigenvalue weighted by atomic mass is 10.3. The molecule has 1 rings (SSSR count). The molecule has 16 heavy (non-hydrogen) atoms. The van der Waals surface area contributed by atoms with Crippen LogP contribution in [0, 0.1) is 0 Å². The lowest BCUT2D eigenvalue weighted by Crippen LogP contribution is -2.39. The minimum atomic E-state index is -0.293. The van der Waals surface area contributed by atoms with Gasteiger partial charge in [0.15, 0.2) is 0 Å². The Morgan fingerprint density at radius 3 is 2.88 bits per heavy atom. The van der Waals surface area contributed by atoms with E-state index in [0.29, 0.717) is 13.1 Å². The highest BCUT2D eigenvalue weighted by molar-refractivity contribution is 5.99. The monoisotopic (exact) mass is 228 g/mol. The molecule has 0 aromatic heterocycles. The topological polar surface area (TPSA) is 99.2 Å². The van der Waals surface area contributed by atoms with E-state index in [2.05, 4.69) is 5.16 Å². The van der Waals surface area contributed by atoms with Crippen LogP contribution in [0.5, 0.6) is 0 Å². The number of amidine groups is 1. The molecule has 0 aliphatic carbocycles. The standard InChI is InChI=1S/C9H16N4O3/c1-12-3-2-4-13(6-9(12)15)8(14)5-7(10)11-16/h16H,2-6H2,1H3,(H2,10,11). The molecule has 1 saturated heterocycles. The van der Waals surface area contributed by atoms with Crippen molar-refractivity contribution in [3.63, 3.8) is 0 Å². The summed E-state index contributed by atoms with van der Waals surface area (Å²) >= 11 is 0. The van der Waals surface area contributed by atoms with E-state index in [0.717, 1.165) is 6.42 Å². The number of oxime groups is 1. The number of carbonyl (C=O) groups excluding carboxylic acids is 2. The first-order chi connectivity index (χ1) is 7.54. The van der Waals surface area contributed by atoms with Gasteiger partial charge in [-0.25, -0.2) is 0 Å². The summed E-state index contributed by atoms with van der Waals surface area (Å²) in [6.07, 6.45) is 0.581. The molecule has 0 aromatic carbocycles. The van der Waals surface area contributed by atoms with Gasteiger partial charge in [-0.2, -0.15) is 0 Å². The average Bonchev–Trinajstić information content (AvgIpc) is 2.41. The van der Waals surface area contributed by atoms with E-state index in [-0.39, 0.29) is 30.6 Å². The summed E-state index contributed by atoms with van der Waals surface area (Å²) in [6, 6.07) is 0. The van der Waals surface area contributed by atoms with Crippen molar-refractivity contribution in [1.82, 2.24) is 9.80 Å². The van der Waals surface area contributed by atoms with Crippen LogP contribution in [0.4, 0.5) is 0 Å². The van der Waals surface area contributed by atoms with Gasteiger partial charge in [0.05, 0.1) is 13.0 Å². The van der Waals surface area contributed by atoms with E-state index in [1.165, 1.54) is 4.90 Å². The summed E-state index contributed by atoms with van der Waals surface area (Å²) in [5.74, 6) is -0.528. The first-order valence-electron chi connectivity index (χ1n) is 5.02. The SMILES string of the molecule is CN1CCCN(C(=O)CC(N)=NO)CC1=O. The Morgan fingerprint density at radius 2 is 2.25 bits per heavy atom. The highest BCUT2D eigenvalue weighted by Gasteiger charge is 2.23. The lowest BCUT2D eigenvalue weighted by molar-refractivity contribution is -0.137. The molecule has 1 fully saturated rings. The van der Waals surface area contributed by atoms with Crippen molar-refractivity contribution < 1.29 is 14.8 Å². The Hall–Kier alpha value is -1.79. The van der Waals surface area contributed by atoms with Crippen molar-refractivity contribution in [2.24, 2.45) is 10.9 Å². The predicted octanol–water partition coefficient (Wildman–Crippen LogP) is -1.19. The maximum Gasteiger partial charge on any atom is 0.241 e. The maximum absolute atomic E-state index is 11.7. The van der Waals surface area contributed by atoms with Crippen molar-refractivity contribution in [2.75, 3.05) is 26.7 Å². The molecule has 7 heteroatoms. The largest absolute Gasteiger partial charge is 0.409 e. The number of hydrogen-bond acceptors (Lipinski definition) is 4. The summed E-state index contributed by atoms with van der Waals surface area (Å²) in [6.45, 7) is 1.23. The van der Waals surface area contributed by atoms with Gasteiger partial charge >= 0.3 is 0 Å². The van der Waals surface area contributed by atoms with Crippen LogP contribution in [-0.2, 0) is 9.59 Å². The molecular weight excluding hydrogens is 212 g/mol. The molecule has 90 valence electrons. The highest BCUT2D eigenvalue weighted by atomic mass is 16.4. The van der Waals surface area contributed by atoms with Gasteiger partial charge in [0, 0.05) is 20.1 Å². The summed E-state index contributed by atoms with van der Waals surface area (Å²) in [4.78, 5) is 26.2. The highest BCUT2D eigenvalue weighted by Crippen LogP contribution is 2.04. The zero-order valence-electron chi connectivity index (χ0n) is 9.22. The van der Waals surface area contributed by atoms with Gasteiger partial charge in [-0.1, -0.05) is 5.16 Å². The van der Waals surface area contributed by atoms with E-state index < -0.39 is 0 Å². The fourth-order valence-corrected chi connectivity index (χ4v) is 1.50. The van der Waals surface area contributed by atoms with E-state index in [9.17, 15) is 9.59 Å². The quantitative estimate of drug-likeness (QED) is 0.269. The molecular formula is C9H16N4O3. The van der Waals surface area contributed by atoms with Crippen LogP contribution in [-0.4, -0.2) is 59.3 Å². The van der Waals surface area contributed by atoms with E-state index in [4.69, 9.17) is 10.9 Å². The number of carbonyl (C=O) groups is 2. The van der Waals surface area contributed by atoms with Gasteiger partial charge in [-0.15, -0.1) is 0 Å². The summed E-state index contributed by atoms with van der Waals surface area (Å²) in [7, 11) is 1.71. The average molecular weight is 228 g/mol. The minimum absolute atomic E-state index is 0.0635. The normalized spacial score (nSPS) is 18.6. The molecule has 2 amide bonds. The molecule has 1 aliphatic rings. The molecule has 3 N–H and O–H groups in total. The zero-order valence-corrected chi connectivity index (χ0v) is 9.22. The van der Waals surface area contributed by atoms with Gasteiger partial charge in [-0.05, 0) is 6.42 Å². The fourth-order valence-electron chi connectivity index (χ4n) is 1.50. The molecule has 0 spiro atoms. The molecule has 0 radical (unpaired) electrons. The maximum atomic E-state index is 11.7. The van der Waals surface area contributed by atoms with Gasteiger partial charge in [0.25, 0.3) is 0 Å². The lowest BCUT2D eigenvalue weighted by Gasteiger charge is -2.19. The molecule has 0 atom stereocenters. The predicted molar refractivity (Wildman–Crippen MR) is 56.9 cm³/mol. The van der Waals surface area contributed by atoms with Crippen molar-refractivity contribution in [2.45, 2.75) is 12.8 Å². The molecule has 0 saturated carbocycles. The number of nitrogens with zero attached hydrogens (tertiary/aromatic N) is 3. The third kappa shape index (κ3) is 3.11. The van der Waals surface area contributed by atoms with Crippen molar-refractivity contribution >= 4 is 17.6 Å². The number of likely N-dealkylation sites (N-methyl/N-ethyl adjacent to an activating group) is 1. The van der Waals surface area contributed by atoms with Gasteiger partial charge in [0.2, 0.25) is 11.8 Å². The van der Waals surface area contributed by atoms with Crippen LogP contribution in [0.1, 0.15) is 12.8 Å². The number of amides is 2. The number of nitrogens with two attached hydrogens (primary N) is 1. The zero-order chi connectivity index (χ0) is 12.1. The first-order valence-corrected chi connectivity index (χ1v) is 5.02. The molecule has 0 aromatic rings. The van der Waals surface area contributed by atoms with Crippen LogP contribution in [0.25, 0.3) is 0 Å². The second kappa shape index (κ2) is 5.34. The van der Waals surface area contributed by atoms with Crippen molar-refractivity contribution in [3.8, 4) is 0 Å². The van der Waals surface area contributed by atoms with Gasteiger partial charge in [-0.3, -0.25) is 9.59 Å². The van der Waals surface area contributed by atoms with Gasteiger partial charge in [0.1, 0.15) is 5.84 Å². The summed E-state index contributed by atoms with van der Waals surface area (Å²) < 4.78 is 0. The summed E-state index contributed by atoms with van der Waals surface area (Å²) in [5, 5.41) is 11.1. The Morgan fingerprint density at radius 1 is 1.56 bits per heavy atom. The second-order valence-corrected chi connectivity index (χ2v) is 3.75. The van der Waals surface area contributed by atoms with E-state index in [1.807, 2.05) is 0 Å². The number of rotatable bonds is 2. The third-order valence-electron chi connectivity index (χ3n) is 2.49. The molecule has 0 bridgehead atoms. The molecule has 1 heterocycles. The molecule has 7 nitrogen and oxygen atoms in total. The van der Waals surface area contributed by atoms with E-state index in [1.54, 1.807) is 11.9 Å². The Bertz CT molecular complexity index is 316. The van der Waals surface area contributed by atoms with Gasteiger partial charge < -0.3 is 20.7 Å². The van der Waals surface area contributed by atoms with Crippen LogP contribution in [0.2, 0.25) is 0 Å². The van der Waals surface area contributed by atoms with Crippen LogP contribution < -0.4 is 5.73 Å². The Labute approximate surface area is 93.5 Å². The fraction of sp³-hybridized carbons (Fsp3) is 0.667. The second-order valence-electron chi connectivity index (χ2n) is 3.75. The van der Waals surface area contributed by atoms with E-state index >= 15 is 0 Å². The molecule has 0 unspecified atom stereocenters. The number of hydrogen-bond donors (Lipinski definition) is 2. The van der Waals surface area contributed by atoms with Crippen LogP contribution >= 0.6 is 0 Å².